The van der Waals surface area contributed by atoms with Crippen molar-refractivity contribution in [2.75, 3.05) is 7.05 Å². The van der Waals surface area contributed by atoms with Gasteiger partial charge in [-0.05, 0) is 41.2 Å². The summed E-state index contributed by atoms with van der Waals surface area (Å²) in [5.74, 6) is 0.539. The van der Waals surface area contributed by atoms with Crippen LogP contribution in [0.4, 0.5) is 4.39 Å². The van der Waals surface area contributed by atoms with Crippen LogP contribution in [0.5, 0.6) is 0 Å². The second-order valence-corrected chi connectivity index (χ2v) is 5.42. The lowest BCUT2D eigenvalue weighted by Crippen LogP contribution is -2.19. The van der Waals surface area contributed by atoms with E-state index in [0.717, 1.165) is 17.7 Å². The van der Waals surface area contributed by atoms with E-state index in [4.69, 9.17) is 16.0 Å². The molecular formula is C14H14BrClFNO. The van der Waals surface area contributed by atoms with Crippen LogP contribution in [-0.4, -0.2) is 7.05 Å². The fourth-order valence-corrected chi connectivity index (χ4v) is 2.62. The summed E-state index contributed by atoms with van der Waals surface area (Å²) in [7, 11) is 1.78. The molecule has 2 rings (SSSR count). The van der Waals surface area contributed by atoms with E-state index in [9.17, 15) is 4.39 Å². The van der Waals surface area contributed by atoms with Crippen LogP contribution in [0.3, 0.4) is 0 Å². The topological polar surface area (TPSA) is 25.2 Å². The Morgan fingerprint density at radius 2 is 2.16 bits per heavy atom. The highest BCUT2D eigenvalue weighted by Crippen LogP contribution is 2.33. The highest BCUT2D eigenvalue weighted by molar-refractivity contribution is 9.10. The molecule has 5 heteroatoms. The van der Waals surface area contributed by atoms with E-state index in [0.29, 0.717) is 15.1 Å². The number of rotatable bonds is 4. The van der Waals surface area contributed by atoms with Crippen molar-refractivity contribution in [3.8, 4) is 0 Å². The van der Waals surface area contributed by atoms with Gasteiger partial charge in [-0.25, -0.2) is 4.39 Å². The molecule has 0 radical (unpaired) electrons. The maximum absolute atomic E-state index is 14.1. The smallest absolute Gasteiger partial charge is 0.129 e. The normalized spacial score (nSPS) is 12.7. The lowest BCUT2D eigenvalue weighted by atomic mass is 9.98. The molecule has 0 amide bonds. The van der Waals surface area contributed by atoms with Gasteiger partial charge in [0.25, 0.3) is 0 Å². The van der Waals surface area contributed by atoms with Crippen molar-refractivity contribution in [2.45, 2.75) is 19.4 Å². The molecule has 1 heterocycles. The van der Waals surface area contributed by atoms with Gasteiger partial charge in [0.1, 0.15) is 11.6 Å². The first-order valence-electron chi connectivity index (χ1n) is 5.96. The van der Waals surface area contributed by atoms with E-state index < -0.39 is 0 Å². The average molecular weight is 347 g/mol. The Morgan fingerprint density at radius 3 is 2.79 bits per heavy atom. The van der Waals surface area contributed by atoms with Gasteiger partial charge in [-0.2, -0.15) is 0 Å². The minimum absolute atomic E-state index is 0.278. The Bertz CT molecular complexity index is 585. The number of benzene rings is 1. The number of furan rings is 1. The van der Waals surface area contributed by atoms with Crippen molar-refractivity contribution < 1.29 is 8.81 Å². The zero-order chi connectivity index (χ0) is 14.0. The number of nitrogens with one attached hydrogen (secondary N) is 1. The van der Waals surface area contributed by atoms with Crippen LogP contribution in [0.15, 0.2) is 33.4 Å². The van der Waals surface area contributed by atoms with Crippen LogP contribution >= 0.6 is 27.5 Å². The quantitative estimate of drug-likeness (QED) is 0.811. The molecule has 1 aromatic carbocycles. The van der Waals surface area contributed by atoms with Crippen molar-refractivity contribution in [1.29, 1.82) is 0 Å². The van der Waals surface area contributed by atoms with Crippen molar-refractivity contribution in [3.63, 3.8) is 0 Å². The third-order valence-corrected chi connectivity index (χ3v) is 4.25. The lowest BCUT2D eigenvalue weighted by molar-refractivity contribution is 0.501. The van der Waals surface area contributed by atoms with Crippen molar-refractivity contribution in [3.05, 3.63) is 56.7 Å². The van der Waals surface area contributed by atoms with E-state index >= 15 is 0 Å². The van der Waals surface area contributed by atoms with Gasteiger partial charge in [-0.3, -0.25) is 0 Å². The maximum atomic E-state index is 14.1. The standard InChI is InChI=1S/C14H14BrClFNO/c1-3-13-8(4-5-19-13)14(18-2)9-6-11(16)10(15)7-12(9)17/h4-7,14,18H,3H2,1-2H3. The zero-order valence-electron chi connectivity index (χ0n) is 10.6. The number of hydrogen-bond donors (Lipinski definition) is 1. The largest absolute Gasteiger partial charge is 0.469 e. The van der Waals surface area contributed by atoms with Crippen LogP contribution in [0.25, 0.3) is 0 Å². The second kappa shape index (κ2) is 6.07. The van der Waals surface area contributed by atoms with Gasteiger partial charge in [-0.1, -0.05) is 18.5 Å². The molecule has 0 spiro atoms. The third-order valence-electron chi connectivity index (χ3n) is 3.05. The Morgan fingerprint density at radius 1 is 1.42 bits per heavy atom. The van der Waals surface area contributed by atoms with Crippen molar-refractivity contribution in [1.82, 2.24) is 5.32 Å². The molecule has 0 fully saturated rings. The van der Waals surface area contributed by atoms with Crippen LogP contribution in [-0.2, 0) is 6.42 Å². The van der Waals surface area contributed by atoms with Gasteiger partial charge in [0.2, 0.25) is 0 Å². The molecule has 1 unspecified atom stereocenters. The molecule has 0 aliphatic carbocycles. The highest BCUT2D eigenvalue weighted by Gasteiger charge is 2.21. The van der Waals surface area contributed by atoms with Gasteiger partial charge in [0, 0.05) is 22.0 Å². The van der Waals surface area contributed by atoms with Crippen LogP contribution in [0.1, 0.15) is 29.9 Å². The average Bonchev–Trinajstić information content (AvgIpc) is 2.84. The summed E-state index contributed by atoms with van der Waals surface area (Å²) in [5.41, 5.74) is 1.44. The summed E-state index contributed by atoms with van der Waals surface area (Å²) in [5, 5.41) is 3.59. The molecule has 102 valence electrons. The Labute approximate surface area is 125 Å². The first-order chi connectivity index (χ1) is 9.08. The lowest BCUT2D eigenvalue weighted by Gasteiger charge is -2.18. The number of hydrogen-bond acceptors (Lipinski definition) is 2. The van der Waals surface area contributed by atoms with E-state index in [1.807, 2.05) is 13.0 Å². The molecule has 1 atom stereocenters. The molecule has 0 saturated heterocycles. The van der Waals surface area contributed by atoms with Gasteiger partial charge in [0.05, 0.1) is 17.3 Å². The van der Waals surface area contributed by atoms with Gasteiger partial charge in [0.15, 0.2) is 0 Å². The van der Waals surface area contributed by atoms with E-state index in [1.165, 1.54) is 6.07 Å². The molecule has 19 heavy (non-hydrogen) atoms. The predicted molar refractivity (Wildman–Crippen MR) is 78.1 cm³/mol. The molecule has 1 N–H and O–H groups in total. The minimum atomic E-state index is -0.307. The Hall–Kier alpha value is -0.840. The summed E-state index contributed by atoms with van der Waals surface area (Å²) < 4.78 is 20.1. The fourth-order valence-electron chi connectivity index (χ4n) is 2.13. The van der Waals surface area contributed by atoms with Gasteiger partial charge < -0.3 is 9.73 Å². The molecule has 1 aromatic heterocycles. The van der Waals surface area contributed by atoms with E-state index in [-0.39, 0.29) is 11.9 Å². The van der Waals surface area contributed by atoms with Gasteiger partial charge >= 0.3 is 0 Å². The highest BCUT2D eigenvalue weighted by atomic mass is 79.9. The van der Waals surface area contributed by atoms with Crippen LogP contribution in [0.2, 0.25) is 5.02 Å². The molecule has 2 aromatic rings. The summed E-state index contributed by atoms with van der Waals surface area (Å²) in [6, 6.07) is 4.59. The Kier molecular flexibility index (Phi) is 4.66. The maximum Gasteiger partial charge on any atom is 0.129 e. The molecule has 0 aliphatic rings. The SMILES string of the molecule is CCc1occc1C(NC)c1cc(Cl)c(Br)cc1F. The predicted octanol–water partition coefficient (Wildman–Crippen LogP) is 4.71. The van der Waals surface area contributed by atoms with Gasteiger partial charge in [-0.15, -0.1) is 0 Å². The van der Waals surface area contributed by atoms with E-state index in [2.05, 4.69) is 21.2 Å². The van der Waals surface area contributed by atoms with Crippen molar-refractivity contribution in [2.24, 2.45) is 0 Å². The molecule has 0 saturated carbocycles. The molecule has 0 aliphatic heterocycles. The summed E-state index contributed by atoms with van der Waals surface area (Å²) in [6.45, 7) is 2.00. The summed E-state index contributed by atoms with van der Waals surface area (Å²) in [4.78, 5) is 0. The van der Waals surface area contributed by atoms with E-state index in [1.54, 1.807) is 19.4 Å². The van der Waals surface area contributed by atoms with Crippen molar-refractivity contribution >= 4 is 27.5 Å². The molecule has 0 bridgehead atoms. The first kappa shape index (κ1) is 14.6. The number of halogens is 3. The summed E-state index contributed by atoms with van der Waals surface area (Å²) >= 11 is 9.27. The van der Waals surface area contributed by atoms with Crippen LogP contribution < -0.4 is 5.32 Å². The molecular weight excluding hydrogens is 333 g/mol. The molecule has 2 nitrogen and oxygen atoms in total. The second-order valence-electron chi connectivity index (χ2n) is 4.16. The Balaban J connectivity index is 2.51. The fraction of sp³-hybridized carbons (Fsp3) is 0.286. The first-order valence-corrected chi connectivity index (χ1v) is 7.13. The zero-order valence-corrected chi connectivity index (χ0v) is 13.0. The summed E-state index contributed by atoms with van der Waals surface area (Å²) in [6.07, 6.45) is 2.38. The monoisotopic (exact) mass is 345 g/mol. The van der Waals surface area contributed by atoms with Crippen LogP contribution in [0, 0.1) is 5.82 Å². The minimum Gasteiger partial charge on any atom is -0.469 e. The third kappa shape index (κ3) is 2.86. The number of aryl methyl sites for hydroxylation is 1.